The molecule has 1 unspecified atom stereocenters. The number of imidazole rings is 1. The summed E-state index contributed by atoms with van der Waals surface area (Å²) in [6.45, 7) is 1.91. The number of ether oxygens (including phenoxy) is 1. The predicted octanol–water partition coefficient (Wildman–Crippen LogP) is 1.20. The Morgan fingerprint density at radius 3 is 2.76 bits per heavy atom. The van der Waals surface area contributed by atoms with E-state index >= 15 is 0 Å². The number of carbonyl (C=O) groups is 2. The van der Waals surface area contributed by atoms with Crippen LogP contribution in [0.3, 0.4) is 0 Å². The Morgan fingerprint density at radius 2 is 2.03 bits per heavy atom. The third-order valence-corrected chi connectivity index (χ3v) is 4.96. The molecule has 2 heterocycles. The topological polar surface area (TPSA) is 134 Å². The number of H-pyrrole nitrogens is 1. The Hall–Kier alpha value is -3.72. The van der Waals surface area contributed by atoms with Crippen molar-refractivity contribution in [2.75, 3.05) is 19.1 Å². The number of aromatic nitrogens is 2. The van der Waals surface area contributed by atoms with Crippen LogP contribution in [-0.4, -0.2) is 41.3 Å². The maximum absolute atomic E-state index is 13.1. The number of methoxy groups -OCH3 is 1. The summed E-state index contributed by atoms with van der Waals surface area (Å²) in [5, 5.41) is 5.74. The van der Waals surface area contributed by atoms with Gasteiger partial charge in [0.05, 0.1) is 24.8 Å². The van der Waals surface area contributed by atoms with E-state index in [0.29, 0.717) is 17.0 Å². The minimum atomic E-state index is -1.66. The summed E-state index contributed by atoms with van der Waals surface area (Å²) in [6, 6.07) is 12.6. The van der Waals surface area contributed by atoms with Gasteiger partial charge in [0, 0.05) is 11.8 Å². The molecule has 0 spiro atoms. The lowest BCUT2D eigenvalue weighted by Gasteiger charge is -2.25. The lowest BCUT2D eigenvalue weighted by molar-refractivity contribution is -0.123. The van der Waals surface area contributed by atoms with Gasteiger partial charge in [-0.25, -0.2) is 4.98 Å². The van der Waals surface area contributed by atoms with Crippen LogP contribution in [0.25, 0.3) is 11.0 Å². The van der Waals surface area contributed by atoms with Gasteiger partial charge in [0.25, 0.3) is 11.8 Å². The zero-order valence-electron chi connectivity index (χ0n) is 15.9. The third-order valence-electron chi connectivity index (χ3n) is 4.96. The molecule has 3 aromatic rings. The van der Waals surface area contributed by atoms with E-state index in [-0.39, 0.29) is 18.2 Å². The molecule has 9 nitrogen and oxygen atoms in total. The molecule has 148 valence electrons. The summed E-state index contributed by atoms with van der Waals surface area (Å²) >= 11 is 0. The number of amides is 2. The Labute approximate surface area is 166 Å². The first-order valence-corrected chi connectivity index (χ1v) is 8.97. The van der Waals surface area contributed by atoms with Crippen LogP contribution in [0.15, 0.2) is 47.5 Å². The van der Waals surface area contributed by atoms with Crippen LogP contribution in [-0.2, 0) is 15.1 Å². The molecule has 9 heteroatoms. The number of anilines is 1. The van der Waals surface area contributed by atoms with Crippen molar-refractivity contribution >= 4 is 34.2 Å². The molecule has 0 saturated carbocycles. The fourth-order valence-electron chi connectivity index (χ4n) is 3.37. The van der Waals surface area contributed by atoms with Gasteiger partial charge in [0.2, 0.25) is 5.54 Å². The number of primary amides is 1. The molecule has 2 aromatic carbocycles. The van der Waals surface area contributed by atoms with E-state index in [2.05, 4.69) is 25.6 Å². The number of aromatic amines is 1. The molecule has 0 aliphatic carbocycles. The molecule has 4 rings (SSSR count). The average Bonchev–Trinajstić information content (AvgIpc) is 3.34. The zero-order valence-corrected chi connectivity index (χ0v) is 15.9. The highest BCUT2D eigenvalue weighted by atomic mass is 16.5. The SMILES string of the molecule is COc1ccc(C)c(NC(=O)C2=NCNC2(C(N)=O)c2nc3ccccc3[nH]2)c1. The number of aliphatic imine (C=N–C) groups is 1. The van der Waals surface area contributed by atoms with Gasteiger partial charge in [-0.05, 0) is 30.7 Å². The number of nitrogens with zero attached hydrogens (tertiary/aromatic N) is 2. The summed E-state index contributed by atoms with van der Waals surface area (Å²) < 4.78 is 5.22. The summed E-state index contributed by atoms with van der Waals surface area (Å²) in [6.07, 6.45) is 0. The summed E-state index contributed by atoms with van der Waals surface area (Å²) in [5.74, 6) is -0.508. The molecule has 1 aliphatic heterocycles. The third kappa shape index (κ3) is 3.01. The van der Waals surface area contributed by atoms with E-state index in [1.165, 1.54) is 0 Å². The number of rotatable bonds is 5. The molecule has 0 bridgehead atoms. The summed E-state index contributed by atoms with van der Waals surface area (Å²) in [5.41, 5.74) is 6.79. The van der Waals surface area contributed by atoms with Crippen LogP contribution < -0.4 is 21.1 Å². The molecule has 2 amide bonds. The van der Waals surface area contributed by atoms with Crippen molar-refractivity contribution < 1.29 is 14.3 Å². The van der Waals surface area contributed by atoms with Crippen molar-refractivity contribution in [2.45, 2.75) is 12.5 Å². The van der Waals surface area contributed by atoms with E-state index in [9.17, 15) is 9.59 Å². The van der Waals surface area contributed by atoms with E-state index < -0.39 is 17.4 Å². The second kappa shape index (κ2) is 7.02. The lowest BCUT2D eigenvalue weighted by Crippen LogP contribution is -2.58. The summed E-state index contributed by atoms with van der Waals surface area (Å²) in [7, 11) is 1.54. The Bertz CT molecular complexity index is 1120. The van der Waals surface area contributed by atoms with Crippen molar-refractivity contribution in [1.82, 2.24) is 15.3 Å². The number of nitrogens with one attached hydrogen (secondary N) is 3. The van der Waals surface area contributed by atoms with Gasteiger partial charge in [0.15, 0.2) is 0 Å². The van der Waals surface area contributed by atoms with Crippen LogP contribution in [0.2, 0.25) is 0 Å². The fourth-order valence-corrected chi connectivity index (χ4v) is 3.37. The van der Waals surface area contributed by atoms with Gasteiger partial charge in [0.1, 0.15) is 17.3 Å². The number of hydrogen-bond acceptors (Lipinski definition) is 6. The Morgan fingerprint density at radius 1 is 1.24 bits per heavy atom. The number of para-hydroxylation sites is 2. The fraction of sp³-hybridized carbons (Fsp3) is 0.200. The number of fused-ring (bicyclic) bond motifs is 1. The van der Waals surface area contributed by atoms with Gasteiger partial charge in [-0.3, -0.25) is 19.9 Å². The molecule has 1 aliphatic rings. The number of hydrogen-bond donors (Lipinski definition) is 4. The van der Waals surface area contributed by atoms with E-state index in [4.69, 9.17) is 10.5 Å². The average molecular weight is 392 g/mol. The van der Waals surface area contributed by atoms with Crippen LogP contribution in [0.4, 0.5) is 5.69 Å². The maximum atomic E-state index is 13.1. The molecule has 5 N–H and O–H groups in total. The van der Waals surface area contributed by atoms with Gasteiger partial charge in [-0.15, -0.1) is 0 Å². The number of carbonyl (C=O) groups excluding carboxylic acids is 2. The molecule has 0 saturated heterocycles. The Balaban J connectivity index is 1.74. The largest absolute Gasteiger partial charge is 0.497 e. The number of aryl methyl sites for hydroxylation is 1. The van der Waals surface area contributed by atoms with Gasteiger partial charge in [-0.1, -0.05) is 18.2 Å². The van der Waals surface area contributed by atoms with Crippen LogP contribution in [0.1, 0.15) is 11.4 Å². The monoisotopic (exact) mass is 392 g/mol. The highest BCUT2D eigenvalue weighted by Gasteiger charge is 2.52. The highest BCUT2D eigenvalue weighted by molar-refractivity contribution is 6.50. The minimum Gasteiger partial charge on any atom is -0.497 e. The first kappa shape index (κ1) is 18.6. The van der Waals surface area contributed by atoms with Crippen molar-refractivity contribution in [3.63, 3.8) is 0 Å². The van der Waals surface area contributed by atoms with Crippen molar-refractivity contribution in [3.8, 4) is 5.75 Å². The van der Waals surface area contributed by atoms with Crippen LogP contribution in [0, 0.1) is 6.92 Å². The van der Waals surface area contributed by atoms with Crippen LogP contribution in [0.5, 0.6) is 5.75 Å². The van der Waals surface area contributed by atoms with Crippen molar-refractivity contribution in [2.24, 2.45) is 10.7 Å². The Kier molecular flexibility index (Phi) is 4.51. The molecule has 1 aromatic heterocycles. The smallest absolute Gasteiger partial charge is 0.272 e. The summed E-state index contributed by atoms with van der Waals surface area (Å²) in [4.78, 5) is 37.4. The van der Waals surface area contributed by atoms with Gasteiger partial charge in [-0.2, -0.15) is 0 Å². The quantitative estimate of drug-likeness (QED) is 0.518. The first-order chi connectivity index (χ1) is 14.0. The van der Waals surface area contributed by atoms with Gasteiger partial charge < -0.3 is 20.8 Å². The van der Waals surface area contributed by atoms with E-state index in [1.54, 1.807) is 25.3 Å². The van der Waals surface area contributed by atoms with Crippen LogP contribution >= 0.6 is 0 Å². The first-order valence-electron chi connectivity index (χ1n) is 8.97. The number of benzene rings is 2. The van der Waals surface area contributed by atoms with Gasteiger partial charge >= 0.3 is 0 Å². The predicted molar refractivity (Wildman–Crippen MR) is 109 cm³/mol. The molecule has 0 fully saturated rings. The molecule has 1 atom stereocenters. The maximum Gasteiger partial charge on any atom is 0.272 e. The molecular weight excluding hydrogens is 372 g/mol. The zero-order chi connectivity index (χ0) is 20.6. The molecular formula is C20H20N6O3. The van der Waals surface area contributed by atoms with E-state index in [1.807, 2.05) is 31.2 Å². The minimum absolute atomic E-state index is 0.0497. The highest BCUT2D eigenvalue weighted by Crippen LogP contribution is 2.28. The lowest BCUT2D eigenvalue weighted by atomic mass is 9.91. The van der Waals surface area contributed by atoms with Crippen molar-refractivity contribution in [3.05, 3.63) is 53.9 Å². The number of nitrogens with two attached hydrogens (primary N) is 1. The van der Waals surface area contributed by atoms with E-state index in [0.717, 1.165) is 11.1 Å². The van der Waals surface area contributed by atoms with Crippen molar-refractivity contribution in [1.29, 1.82) is 0 Å². The molecule has 29 heavy (non-hydrogen) atoms. The standard InChI is InChI=1S/C20H20N6O3/c1-11-7-8-12(29-2)9-15(11)24-17(27)16-20(18(21)28,23-10-22-16)19-25-13-5-3-4-6-14(13)26-19/h3-9,23H,10H2,1-2H3,(H2,21,28)(H,24,27)(H,25,26). The normalized spacial score (nSPS) is 18.5. The molecule has 0 radical (unpaired) electrons. The second-order valence-corrected chi connectivity index (χ2v) is 6.69. The second-order valence-electron chi connectivity index (χ2n) is 6.69.